The molecule has 0 saturated heterocycles. The van der Waals surface area contributed by atoms with E-state index < -0.39 is 24.2 Å². The zero-order valence-corrected chi connectivity index (χ0v) is 33.3. The summed E-state index contributed by atoms with van der Waals surface area (Å²) in [6, 6.07) is 47.4. The zero-order chi connectivity index (χ0) is 39.3. The lowest BCUT2D eigenvalue weighted by atomic mass is 9.84. The summed E-state index contributed by atoms with van der Waals surface area (Å²) in [6.07, 6.45) is 5.11. The number of allylic oxidation sites excluding steroid dienone is 1. The highest BCUT2D eigenvalue weighted by Crippen LogP contribution is 2.49. The molecule has 0 aromatic heterocycles. The molecule has 0 saturated carbocycles. The van der Waals surface area contributed by atoms with Gasteiger partial charge in [0.1, 0.15) is 24.5 Å². The highest BCUT2D eigenvalue weighted by Gasteiger charge is 2.37. The second-order valence-corrected chi connectivity index (χ2v) is 15.9. The van der Waals surface area contributed by atoms with Crippen molar-refractivity contribution in [1.29, 1.82) is 0 Å². The normalized spacial score (nSPS) is 13.5. The molecule has 0 fully saturated rings. The maximum absolute atomic E-state index is 13.5. The van der Waals surface area contributed by atoms with Crippen molar-refractivity contribution in [3.8, 4) is 11.1 Å². The molecule has 1 aliphatic rings. The summed E-state index contributed by atoms with van der Waals surface area (Å²) in [4.78, 5) is 38.8. The smallest absolute Gasteiger partial charge is 0.407 e. The maximum Gasteiger partial charge on any atom is 0.407 e. The first-order valence-electron chi connectivity index (χ1n) is 19.6. The number of alkyl carbamates (subject to hydrolysis) is 1. The summed E-state index contributed by atoms with van der Waals surface area (Å²) in [5.41, 5.74) is 8.22. The summed E-state index contributed by atoms with van der Waals surface area (Å²) in [6.45, 7) is 5.30. The number of carbonyl (C=O) groups is 3. The predicted molar refractivity (Wildman–Crippen MR) is 227 cm³/mol. The fourth-order valence-electron chi connectivity index (χ4n) is 7.53. The Morgan fingerprint density at radius 2 is 1.21 bits per heavy atom. The van der Waals surface area contributed by atoms with Crippen molar-refractivity contribution in [3.63, 3.8) is 0 Å². The van der Waals surface area contributed by atoms with Gasteiger partial charge in [-0.25, -0.2) is 9.59 Å². The van der Waals surface area contributed by atoms with Crippen LogP contribution in [0.4, 0.5) is 4.79 Å². The van der Waals surface area contributed by atoms with Gasteiger partial charge in [-0.15, -0.1) is 11.8 Å². The highest BCUT2D eigenvalue weighted by molar-refractivity contribution is 8.00. The average Bonchev–Trinajstić information content (AvgIpc) is 3.54. The van der Waals surface area contributed by atoms with E-state index in [0.29, 0.717) is 0 Å². The predicted octanol–water partition coefficient (Wildman–Crippen LogP) is 10.9. The van der Waals surface area contributed by atoms with Crippen molar-refractivity contribution in [2.75, 3.05) is 12.4 Å². The lowest BCUT2D eigenvalue weighted by molar-refractivity contribution is -0.151. The van der Waals surface area contributed by atoms with Gasteiger partial charge in [-0.2, -0.15) is 0 Å². The van der Waals surface area contributed by atoms with Crippen LogP contribution in [0.5, 0.6) is 0 Å². The quantitative estimate of drug-likeness (QED) is 0.0414. The van der Waals surface area contributed by atoms with Crippen molar-refractivity contribution >= 4 is 29.6 Å². The SMILES string of the molecule is CC(=O)C[C@@H](/C=C/CCCCSC(c1ccccc1)(c1ccccc1)c1ccccc1)OC(=O)[C@@H](NC(=O)OCC1c2ccccc2-c2ccccc21)C(C)C. The van der Waals surface area contributed by atoms with Gasteiger partial charge in [-0.3, -0.25) is 4.79 Å². The average molecular weight is 766 g/mol. The Balaban J connectivity index is 1.03. The number of hydrogen-bond donors (Lipinski definition) is 1. The first-order chi connectivity index (χ1) is 27.3. The second-order valence-electron chi connectivity index (χ2n) is 14.6. The Morgan fingerprint density at radius 1 is 0.714 bits per heavy atom. The van der Waals surface area contributed by atoms with E-state index in [4.69, 9.17) is 9.47 Å². The molecule has 0 heterocycles. The van der Waals surface area contributed by atoms with Gasteiger partial charge in [-0.05, 0) is 82.9 Å². The van der Waals surface area contributed by atoms with Crippen LogP contribution >= 0.6 is 11.8 Å². The van der Waals surface area contributed by atoms with Crippen molar-refractivity contribution in [2.45, 2.75) is 69.3 Å². The lowest BCUT2D eigenvalue weighted by Gasteiger charge is -2.35. The standard InChI is InChI=1S/C49H51NO5S/c1-35(2)46(50-48(53)54-34-45-43-30-18-16-28-41(43)42-29-17-19-31-44(42)45)47(52)55-40(33-36(3)51)27-15-4-5-20-32-56-49(37-21-9-6-10-22-37,38-23-11-7-12-24-38)39-25-13-8-14-26-39/h6-19,21-31,35,40,45-46H,4-5,20,32-34H2,1-3H3,(H,50,53)/b27-15+/t40-,46+/m1/s1. The number of rotatable bonds is 18. The summed E-state index contributed by atoms with van der Waals surface area (Å²) < 4.78 is 11.2. The molecular formula is C49H51NO5S. The van der Waals surface area contributed by atoms with Crippen LogP contribution in [0, 0.1) is 5.92 Å². The number of nitrogens with one attached hydrogen (secondary N) is 1. The number of thioether (sulfide) groups is 1. The molecule has 2 atom stereocenters. The van der Waals surface area contributed by atoms with Crippen LogP contribution in [0.15, 0.2) is 152 Å². The topological polar surface area (TPSA) is 81.7 Å². The van der Waals surface area contributed by atoms with Crippen molar-refractivity contribution in [1.82, 2.24) is 5.32 Å². The van der Waals surface area contributed by atoms with E-state index in [1.807, 2.05) is 56.0 Å². The summed E-state index contributed by atoms with van der Waals surface area (Å²) in [7, 11) is 0. The Labute approximate surface area is 335 Å². The third kappa shape index (κ3) is 9.69. The van der Waals surface area contributed by atoms with Gasteiger partial charge in [0.05, 0.1) is 4.75 Å². The third-order valence-electron chi connectivity index (χ3n) is 10.3. The summed E-state index contributed by atoms with van der Waals surface area (Å²) >= 11 is 1.94. The van der Waals surface area contributed by atoms with Gasteiger partial charge in [0, 0.05) is 12.3 Å². The number of ether oxygens (including phenoxy) is 2. The molecule has 1 aliphatic carbocycles. The van der Waals surface area contributed by atoms with E-state index >= 15 is 0 Å². The van der Waals surface area contributed by atoms with E-state index in [0.717, 1.165) is 47.3 Å². The number of fused-ring (bicyclic) bond motifs is 3. The fourth-order valence-corrected chi connectivity index (χ4v) is 9.09. The molecule has 0 bridgehead atoms. The molecule has 288 valence electrons. The second kappa shape index (κ2) is 19.5. The Hall–Kier alpha value is -5.40. The summed E-state index contributed by atoms with van der Waals surface area (Å²) in [5.74, 6) is -0.123. The van der Waals surface area contributed by atoms with Crippen molar-refractivity contribution < 1.29 is 23.9 Å². The van der Waals surface area contributed by atoms with Gasteiger partial charge < -0.3 is 14.8 Å². The molecule has 6 nitrogen and oxygen atoms in total. The van der Waals surface area contributed by atoms with Gasteiger partial charge in [0.25, 0.3) is 0 Å². The Bertz CT molecular complexity index is 1940. The Kier molecular flexibility index (Phi) is 14.0. The minimum atomic E-state index is -0.940. The number of hydrogen-bond acceptors (Lipinski definition) is 6. The van der Waals surface area contributed by atoms with Crippen LogP contribution < -0.4 is 5.32 Å². The van der Waals surface area contributed by atoms with Crippen LogP contribution in [0.25, 0.3) is 11.1 Å². The number of ketones is 1. The molecule has 5 aromatic carbocycles. The molecule has 0 radical (unpaired) electrons. The molecule has 56 heavy (non-hydrogen) atoms. The van der Waals surface area contributed by atoms with Crippen LogP contribution in [0.1, 0.15) is 80.2 Å². The number of carbonyl (C=O) groups excluding carboxylic acids is 3. The van der Waals surface area contributed by atoms with Gasteiger partial charge in [-0.1, -0.05) is 159 Å². The molecule has 1 N–H and O–H groups in total. The van der Waals surface area contributed by atoms with Crippen LogP contribution in [-0.2, 0) is 23.8 Å². The first-order valence-corrected chi connectivity index (χ1v) is 20.5. The molecule has 0 spiro atoms. The minimum Gasteiger partial charge on any atom is -0.456 e. The number of esters is 1. The minimum absolute atomic E-state index is 0.0571. The number of unbranched alkanes of at least 4 members (excludes halogenated alkanes) is 2. The fraction of sp³-hybridized carbons (Fsp3) is 0.286. The molecular weight excluding hydrogens is 715 g/mol. The molecule has 7 heteroatoms. The number of benzene rings is 5. The number of Topliss-reactive ketones (excluding diaryl/α,β-unsaturated/α-hetero) is 1. The van der Waals surface area contributed by atoms with Crippen molar-refractivity contribution in [2.24, 2.45) is 5.92 Å². The molecule has 0 aliphatic heterocycles. The van der Waals surface area contributed by atoms with E-state index in [9.17, 15) is 14.4 Å². The number of amides is 1. The van der Waals surface area contributed by atoms with Gasteiger partial charge in [0.15, 0.2) is 0 Å². The molecule has 6 rings (SSSR count). The van der Waals surface area contributed by atoms with E-state index in [-0.39, 0.29) is 35.4 Å². The van der Waals surface area contributed by atoms with Crippen LogP contribution in [0.3, 0.4) is 0 Å². The van der Waals surface area contributed by atoms with Crippen LogP contribution in [0.2, 0.25) is 0 Å². The maximum atomic E-state index is 13.5. The van der Waals surface area contributed by atoms with Crippen molar-refractivity contribution in [3.05, 3.63) is 179 Å². The molecule has 0 unspecified atom stereocenters. The lowest BCUT2D eigenvalue weighted by Crippen LogP contribution is -2.46. The van der Waals surface area contributed by atoms with E-state index in [1.54, 1.807) is 6.08 Å². The van der Waals surface area contributed by atoms with Crippen LogP contribution in [-0.4, -0.2) is 42.4 Å². The molecule has 1 amide bonds. The van der Waals surface area contributed by atoms with E-state index in [2.05, 4.69) is 121 Å². The molecule has 5 aromatic rings. The van der Waals surface area contributed by atoms with E-state index in [1.165, 1.54) is 23.6 Å². The van der Waals surface area contributed by atoms with Gasteiger partial charge in [0.2, 0.25) is 0 Å². The monoisotopic (exact) mass is 765 g/mol. The zero-order valence-electron chi connectivity index (χ0n) is 32.4. The largest absolute Gasteiger partial charge is 0.456 e. The summed E-state index contributed by atoms with van der Waals surface area (Å²) in [5, 5.41) is 2.74. The van der Waals surface area contributed by atoms with Gasteiger partial charge >= 0.3 is 12.1 Å². The third-order valence-corrected chi connectivity index (χ3v) is 11.9. The Morgan fingerprint density at radius 3 is 1.71 bits per heavy atom. The highest BCUT2D eigenvalue weighted by atomic mass is 32.2. The first kappa shape index (κ1) is 40.3.